The molecular formula is C23H26N2O5S3. The van der Waals surface area contributed by atoms with Crippen molar-refractivity contribution < 1.29 is 21.6 Å². The van der Waals surface area contributed by atoms with E-state index in [0.717, 1.165) is 23.3 Å². The predicted octanol–water partition coefficient (Wildman–Crippen LogP) is 3.60. The topological polar surface area (TPSA) is 92.8 Å². The number of sulfonamides is 2. The van der Waals surface area contributed by atoms with Crippen LogP contribution in [-0.2, 0) is 37.9 Å². The van der Waals surface area contributed by atoms with Crippen LogP contribution in [0.4, 0.5) is 0 Å². The summed E-state index contributed by atoms with van der Waals surface area (Å²) in [6.45, 7) is 1.30. The van der Waals surface area contributed by atoms with Gasteiger partial charge in [0.05, 0.1) is 15.9 Å². The van der Waals surface area contributed by atoms with E-state index in [1.54, 1.807) is 0 Å². The molecule has 0 aliphatic carbocycles. The third-order valence-electron chi connectivity index (χ3n) is 5.42. The maximum absolute atomic E-state index is 13.4. The van der Waals surface area contributed by atoms with Crippen molar-refractivity contribution in [1.29, 1.82) is 0 Å². The summed E-state index contributed by atoms with van der Waals surface area (Å²) in [5.74, 6) is 0. The van der Waals surface area contributed by atoms with E-state index >= 15 is 0 Å². The lowest BCUT2D eigenvalue weighted by molar-refractivity contribution is 0.0927. The van der Waals surface area contributed by atoms with Crippen LogP contribution >= 0.6 is 11.3 Å². The molecule has 1 atom stereocenters. The summed E-state index contributed by atoms with van der Waals surface area (Å²) in [7, 11) is -7.61. The van der Waals surface area contributed by atoms with Crippen LogP contribution in [-0.4, -0.2) is 40.4 Å². The summed E-state index contributed by atoms with van der Waals surface area (Å²) >= 11 is 1.50. The van der Waals surface area contributed by atoms with Gasteiger partial charge >= 0.3 is 0 Å². The molecular weight excluding hydrogens is 480 g/mol. The van der Waals surface area contributed by atoms with Crippen molar-refractivity contribution in [3.63, 3.8) is 0 Å². The van der Waals surface area contributed by atoms with Crippen LogP contribution in [0.3, 0.4) is 0 Å². The molecule has 0 unspecified atom stereocenters. The predicted molar refractivity (Wildman–Crippen MR) is 128 cm³/mol. The van der Waals surface area contributed by atoms with E-state index in [2.05, 4.69) is 4.72 Å². The van der Waals surface area contributed by atoms with Crippen LogP contribution < -0.4 is 4.72 Å². The lowest BCUT2D eigenvalue weighted by Crippen LogP contribution is -2.36. The normalized spacial score (nSPS) is 16.9. The molecule has 0 radical (unpaired) electrons. The largest absolute Gasteiger partial charge is 0.377 e. The summed E-state index contributed by atoms with van der Waals surface area (Å²) in [5, 5.41) is 1.91. The van der Waals surface area contributed by atoms with E-state index in [4.69, 9.17) is 4.74 Å². The highest BCUT2D eigenvalue weighted by atomic mass is 32.2. The molecule has 1 fully saturated rings. The summed E-state index contributed by atoms with van der Waals surface area (Å²) in [6.07, 6.45) is 1.60. The third-order valence-corrected chi connectivity index (χ3v) is 9.53. The lowest BCUT2D eigenvalue weighted by Gasteiger charge is -2.24. The quantitative estimate of drug-likeness (QED) is 0.454. The summed E-state index contributed by atoms with van der Waals surface area (Å²) in [5.41, 5.74) is 0.832. The van der Waals surface area contributed by atoms with E-state index in [1.807, 2.05) is 47.8 Å². The Bertz CT molecular complexity index is 1240. The molecule has 4 rings (SSSR count). The van der Waals surface area contributed by atoms with Crippen molar-refractivity contribution in [3.8, 4) is 0 Å². The first kappa shape index (κ1) is 24.1. The number of rotatable bonds is 10. The fourth-order valence-corrected chi connectivity index (χ4v) is 6.91. The molecule has 10 heteroatoms. The van der Waals surface area contributed by atoms with Crippen molar-refractivity contribution in [2.75, 3.05) is 13.2 Å². The van der Waals surface area contributed by atoms with Gasteiger partial charge in [-0.05, 0) is 54.1 Å². The van der Waals surface area contributed by atoms with Crippen molar-refractivity contribution in [1.82, 2.24) is 9.03 Å². The zero-order valence-corrected chi connectivity index (χ0v) is 20.4. The Kier molecular flexibility index (Phi) is 7.62. The number of nitrogens with one attached hydrogen (secondary N) is 1. The summed E-state index contributed by atoms with van der Waals surface area (Å²) in [6, 6.07) is 18.3. The van der Waals surface area contributed by atoms with Gasteiger partial charge in [-0.3, -0.25) is 0 Å². The van der Waals surface area contributed by atoms with Crippen LogP contribution in [0.25, 0.3) is 0 Å². The summed E-state index contributed by atoms with van der Waals surface area (Å²) in [4.78, 5) is 1.00. The maximum atomic E-state index is 13.4. The molecule has 7 nitrogen and oxygen atoms in total. The van der Waals surface area contributed by atoms with Gasteiger partial charge in [0.15, 0.2) is 0 Å². The average molecular weight is 507 g/mol. The number of ether oxygens (including phenoxy) is 1. The van der Waals surface area contributed by atoms with Gasteiger partial charge in [0.1, 0.15) is 0 Å². The maximum Gasteiger partial charge on any atom is 0.243 e. The van der Waals surface area contributed by atoms with Gasteiger partial charge in [-0.25, -0.2) is 21.6 Å². The van der Waals surface area contributed by atoms with Gasteiger partial charge in [-0.1, -0.05) is 36.4 Å². The monoisotopic (exact) mass is 506 g/mol. The first-order chi connectivity index (χ1) is 15.8. The zero-order chi connectivity index (χ0) is 23.3. The fraction of sp³-hybridized carbons (Fsp3) is 0.304. The van der Waals surface area contributed by atoms with Crippen molar-refractivity contribution in [2.24, 2.45) is 0 Å². The Hall–Kier alpha value is -2.08. The molecule has 1 N–H and O–H groups in total. The van der Waals surface area contributed by atoms with Crippen LogP contribution in [0.15, 0.2) is 81.9 Å². The van der Waals surface area contributed by atoms with E-state index in [9.17, 15) is 16.8 Å². The molecule has 0 saturated carbocycles. The Morgan fingerprint density at radius 2 is 1.67 bits per heavy atom. The molecule has 1 aliphatic heterocycles. The minimum atomic E-state index is -3.84. The minimum Gasteiger partial charge on any atom is -0.377 e. The summed E-state index contributed by atoms with van der Waals surface area (Å²) < 4.78 is 61.8. The number of nitrogens with zero attached hydrogens (tertiary/aromatic N) is 1. The minimum absolute atomic E-state index is 0.0151. The van der Waals surface area contributed by atoms with E-state index in [0.29, 0.717) is 6.61 Å². The van der Waals surface area contributed by atoms with E-state index < -0.39 is 20.0 Å². The van der Waals surface area contributed by atoms with E-state index in [-0.39, 0.29) is 35.5 Å². The van der Waals surface area contributed by atoms with Crippen LogP contribution in [0, 0.1) is 0 Å². The Balaban J connectivity index is 1.52. The number of benzene rings is 2. The highest BCUT2D eigenvalue weighted by Gasteiger charge is 2.30. The standard InChI is InChI=1S/C23H26N2O5S3/c26-32(27,24-16-19-6-2-1-3-7-19)22-10-12-23(13-11-22)33(28,29)25(17-20-8-4-14-30-20)18-21-9-5-15-31-21/h1-3,5-7,9-13,15,20,24H,4,8,14,16-18H2/t20-/m0/s1. The Labute approximate surface area is 199 Å². The van der Waals surface area contributed by atoms with Gasteiger partial charge in [0.25, 0.3) is 0 Å². The van der Waals surface area contributed by atoms with Crippen molar-refractivity contribution in [3.05, 3.63) is 82.6 Å². The van der Waals surface area contributed by atoms with Gasteiger partial charge in [-0.2, -0.15) is 4.31 Å². The Morgan fingerprint density at radius 1 is 0.939 bits per heavy atom. The number of hydrogen-bond acceptors (Lipinski definition) is 6. The van der Waals surface area contributed by atoms with Crippen LogP contribution in [0.1, 0.15) is 23.3 Å². The zero-order valence-electron chi connectivity index (χ0n) is 18.0. The molecule has 1 aromatic heterocycles. The second kappa shape index (κ2) is 10.5. The molecule has 1 saturated heterocycles. The third kappa shape index (κ3) is 6.08. The average Bonchev–Trinajstić information content (AvgIpc) is 3.53. The highest BCUT2D eigenvalue weighted by molar-refractivity contribution is 7.89. The van der Waals surface area contributed by atoms with Crippen LogP contribution in [0.5, 0.6) is 0 Å². The first-order valence-corrected chi connectivity index (χ1v) is 14.4. The van der Waals surface area contributed by atoms with Gasteiger partial charge < -0.3 is 4.74 Å². The lowest BCUT2D eigenvalue weighted by atomic mass is 10.2. The Morgan fingerprint density at radius 3 is 2.30 bits per heavy atom. The van der Waals surface area contributed by atoms with E-state index in [1.165, 1.54) is 39.9 Å². The highest BCUT2D eigenvalue weighted by Crippen LogP contribution is 2.24. The molecule has 1 aliphatic rings. The molecule has 3 aromatic rings. The van der Waals surface area contributed by atoms with Gasteiger partial charge in [0, 0.05) is 31.1 Å². The molecule has 2 aromatic carbocycles. The molecule has 0 bridgehead atoms. The van der Waals surface area contributed by atoms with Crippen molar-refractivity contribution >= 4 is 31.4 Å². The molecule has 0 spiro atoms. The second-order valence-electron chi connectivity index (χ2n) is 7.79. The SMILES string of the molecule is O=S(=O)(NCc1ccccc1)c1ccc(S(=O)(=O)N(Cc2cccs2)C[C@@H]2CCCO2)cc1. The van der Waals surface area contributed by atoms with Crippen LogP contribution in [0.2, 0.25) is 0 Å². The van der Waals surface area contributed by atoms with Gasteiger partial charge in [0.2, 0.25) is 20.0 Å². The molecule has 176 valence electrons. The first-order valence-electron chi connectivity index (χ1n) is 10.6. The van der Waals surface area contributed by atoms with Gasteiger partial charge in [-0.15, -0.1) is 11.3 Å². The fourth-order valence-electron chi connectivity index (χ4n) is 3.64. The number of hydrogen-bond donors (Lipinski definition) is 1. The molecule has 2 heterocycles. The number of thiophene rings is 1. The second-order valence-corrected chi connectivity index (χ2v) is 12.5. The molecule has 0 amide bonds. The molecule has 33 heavy (non-hydrogen) atoms. The van der Waals surface area contributed by atoms with Crippen molar-refractivity contribution in [2.45, 2.75) is 41.8 Å². The smallest absolute Gasteiger partial charge is 0.243 e.